The molecule has 196 valence electrons. The summed E-state index contributed by atoms with van der Waals surface area (Å²) in [7, 11) is 0. The Morgan fingerprint density at radius 3 is 1.91 bits per heavy atom. The van der Waals surface area contributed by atoms with E-state index in [1.807, 2.05) is 20.8 Å². The highest BCUT2D eigenvalue weighted by molar-refractivity contribution is 5.94. The van der Waals surface area contributed by atoms with Crippen molar-refractivity contribution in [2.24, 2.45) is 17.6 Å². The lowest BCUT2D eigenvalue weighted by Crippen LogP contribution is -2.61. The molecule has 7 N–H and O–H groups in total. The molecular weight excluding hydrogens is 452 g/mol. The highest BCUT2D eigenvalue weighted by atomic mass is 16.4. The van der Waals surface area contributed by atoms with E-state index >= 15 is 0 Å². The number of carboxylic acid groups (broad SMARTS) is 1. The maximum atomic E-state index is 13.1. The molecule has 0 aliphatic heterocycles. The van der Waals surface area contributed by atoms with Crippen LogP contribution in [0.1, 0.15) is 53.0 Å². The van der Waals surface area contributed by atoms with Crippen LogP contribution in [0.4, 0.5) is 0 Å². The molecule has 1 aromatic rings. The number of carbonyl (C=O) groups excluding carboxylic acids is 3. The van der Waals surface area contributed by atoms with Crippen molar-refractivity contribution in [2.45, 2.75) is 84.2 Å². The molecule has 0 aromatic heterocycles. The van der Waals surface area contributed by atoms with Crippen LogP contribution in [0.15, 0.2) is 30.3 Å². The van der Waals surface area contributed by atoms with Crippen molar-refractivity contribution in [3.05, 3.63) is 35.9 Å². The van der Waals surface area contributed by atoms with Crippen LogP contribution in [0.5, 0.6) is 0 Å². The molecule has 1 rings (SSSR count). The standard InChI is InChI=1S/C25H40N4O6/c1-6-15(4)20(23(32)27-19(25(34)35)13-17-10-8-7-9-11-17)28-24(33)21(16(5)30)29-22(31)18(26)12-14(2)3/h7-11,14-16,18-21,30H,6,12-13,26H2,1-5H3,(H,27,32)(H,28,33)(H,29,31)(H,34,35). The molecule has 0 spiro atoms. The van der Waals surface area contributed by atoms with Gasteiger partial charge >= 0.3 is 5.97 Å². The van der Waals surface area contributed by atoms with E-state index in [1.54, 1.807) is 37.3 Å². The van der Waals surface area contributed by atoms with Gasteiger partial charge in [-0.1, -0.05) is 64.4 Å². The molecule has 0 fully saturated rings. The summed E-state index contributed by atoms with van der Waals surface area (Å²) in [5, 5.41) is 27.3. The van der Waals surface area contributed by atoms with Crippen LogP contribution in [-0.2, 0) is 25.6 Å². The van der Waals surface area contributed by atoms with Crippen molar-refractivity contribution in [3.8, 4) is 0 Å². The van der Waals surface area contributed by atoms with Crippen molar-refractivity contribution in [1.29, 1.82) is 0 Å². The number of hydrogen-bond donors (Lipinski definition) is 6. The molecule has 3 amide bonds. The summed E-state index contributed by atoms with van der Waals surface area (Å²) in [4.78, 5) is 50.3. The summed E-state index contributed by atoms with van der Waals surface area (Å²) in [6, 6.07) is 4.41. The molecule has 6 unspecified atom stereocenters. The van der Waals surface area contributed by atoms with E-state index in [0.717, 1.165) is 5.56 Å². The Morgan fingerprint density at radius 2 is 1.43 bits per heavy atom. The molecule has 1 aromatic carbocycles. The number of nitrogens with two attached hydrogens (primary N) is 1. The minimum absolute atomic E-state index is 0.0726. The number of aliphatic hydroxyl groups excluding tert-OH is 1. The van der Waals surface area contributed by atoms with Crippen molar-refractivity contribution >= 4 is 23.7 Å². The molecular formula is C25H40N4O6. The van der Waals surface area contributed by atoms with Crippen molar-refractivity contribution in [1.82, 2.24) is 16.0 Å². The van der Waals surface area contributed by atoms with Gasteiger partial charge in [0.1, 0.15) is 18.1 Å². The SMILES string of the molecule is CCC(C)C(NC(=O)C(NC(=O)C(N)CC(C)C)C(C)O)C(=O)NC(Cc1ccccc1)C(=O)O. The predicted molar refractivity (Wildman–Crippen MR) is 132 cm³/mol. The Balaban J connectivity index is 2.99. The van der Waals surface area contributed by atoms with Gasteiger partial charge in [-0.25, -0.2) is 4.79 Å². The van der Waals surface area contributed by atoms with Crippen LogP contribution in [-0.4, -0.2) is 64.2 Å². The topological polar surface area (TPSA) is 171 Å². The van der Waals surface area contributed by atoms with Crippen molar-refractivity contribution in [2.75, 3.05) is 0 Å². The fourth-order valence-electron chi connectivity index (χ4n) is 3.54. The maximum Gasteiger partial charge on any atom is 0.326 e. The van der Waals surface area contributed by atoms with Crippen molar-refractivity contribution < 1.29 is 29.4 Å². The highest BCUT2D eigenvalue weighted by Gasteiger charge is 2.34. The first-order chi connectivity index (χ1) is 16.4. The predicted octanol–water partition coefficient (Wildman–Crippen LogP) is 0.568. The second kappa shape index (κ2) is 14.4. The van der Waals surface area contributed by atoms with Crippen LogP contribution in [0, 0.1) is 11.8 Å². The number of rotatable bonds is 14. The van der Waals surface area contributed by atoms with Gasteiger partial charge in [-0.05, 0) is 30.7 Å². The quantitative estimate of drug-likeness (QED) is 0.220. The van der Waals surface area contributed by atoms with Gasteiger partial charge in [0.05, 0.1) is 12.1 Å². The zero-order chi connectivity index (χ0) is 26.7. The number of hydrogen-bond acceptors (Lipinski definition) is 6. The van der Waals surface area contributed by atoms with Gasteiger partial charge in [0.15, 0.2) is 0 Å². The molecule has 35 heavy (non-hydrogen) atoms. The summed E-state index contributed by atoms with van der Waals surface area (Å²) in [6.07, 6.45) is -0.269. The smallest absolute Gasteiger partial charge is 0.326 e. The fraction of sp³-hybridized carbons (Fsp3) is 0.600. The molecule has 0 bridgehead atoms. The summed E-state index contributed by atoms with van der Waals surface area (Å²) >= 11 is 0. The highest BCUT2D eigenvalue weighted by Crippen LogP contribution is 2.11. The van der Waals surface area contributed by atoms with Gasteiger partial charge in [-0.3, -0.25) is 14.4 Å². The third-order valence-corrected chi connectivity index (χ3v) is 5.82. The number of carboxylic acids is 1. The normalized spacial score (nSPS) is 16.3. The molecule has 0 aliphatic carbocycles. The first kappa shape index (κ1) is 30.1. The first-order valence-electron chi connectivity index (χ1n) is 12.0. The second-order valence-corrected chi connectivity index (χ2v) is 9.42. The number of amides is 3. The number of aliphatic carboxylic acids is 1. The van der Waals surface area contributed by atoms with E-state index in [0.29, 0.717) is 12.8 Å². The molecule has 0 heterocycles. The summed E-state index contributed by atoms with van der Waals surface area (Å²) < 4.78 is 0. The van der Waals surface area contributed by atoms with Gasteiger partial charge in [-0.15, -0.1) is 0 Å². The van der Waals surface area contributed by atoms with Crippen LogP contribution in [0.2, 0.25) is 0 Å². The molecule has 0 aliphatic rings. The summed E-state index contributed by atoms with van der Waals surface area (Å²) in [5.41, 5.74) is 6.62. The van der Waals surface area contributed by atoms with E-state index in [-0.39, 0.29) is 18.3 Å². The Labute approximate surface area is 207 Å². The first-order valence-corrected chi connectivity index (χ1v) is 12.0. The average molecular weight is 493 g/mol. The lowest BCUT2D eigenvalue weighted by Gasteiger charge is -2.29. The van der Waals surface area contributed by atoms with E-state index in [2.05, 4.69) is 16.0 Å². The Morgan fingerprint density at radius 1 is 0.886 bits per heavy atom. The third kappa shape index (κ3) is 10.0. The molecule has 10 nitrogen and oxygen atoms in total. The summed E-state index contributed by atoms with van der Waals surface area (Å²) in [6.45, 7) is 8.73. The largest absolute Gasteiger partial charge is 0.480 e. The van der Waals surface area contributed by atoms with Crippen molar-refractivity contribution in [3.63, 3.8) is 0 Å². The maximum absolute atomic E-state index is 13.1. The van der Waals surface area contributed by atoms with Gasteiger partial charge in [0.2, 0.25) is 17.7 Å². The minimum atomic E-state index is -1.33. The number of aliphatic hydroxyl groups is 1. The Bertz CT molecular complexity index is 846. The number of nitrogens with one attached hydrogen (secondary N) is 3. The van der Waals surface area contributed by atoms with Crippen LogP contribution in [0.3, 0.4) is 0 Å². The lowest BCUT2D eigenvalue weighted by molar-refractivity contribution is -0.142. The monoisotopic (exact) mass is 492 g/mol. The zero-order valence-electron chi connectivity index (χ0n) is 21.2. The van der Waals surface area contributed by atoms with Crippen LogP contribution in [0.25, 0.3) is 0 Å². The van der Waals surface area contributed by atoms with Crippen LogP contribution < -0.4 is 21.7 Å². The third-order valence-electron chi connectivity index (χ3n) is 5.82. The van der Waals surface area contributed by atoms with Gasteiger partial charge in [0, 0.05) is 6.42 Å². The molecule has 6 atom stereocenters. The number of carbonyl (C=O) groups is 4. The molecule has 10 heteroatoms. The van der Waals surface area contributed by atoms with Gasteiger partial charge in [0.25, 0.3) is 0 Å². The molecule has 0 saturated heterocycles. The second-order valence-electron chi connectivity index (χ2n) is 9.42. The van der Waals surface area contributed by atoms with Gasteiger partial charge < -0.3 is 31.9 Å². The minimum Gasteiger partial charge on any atom is -0.480 e. The van der Waals surface area contributed by atoms with E-state index in [1.165, 1.54) is 6.92 Å². The van der Waals surface area contributed by atoms with E-state index in [9.17, 15) is 29.4 Å². The summed E-state index contributed by atoms with van der Waals surface area (Å²) in [5.74, 6) is -3.41. The lowest BCUT2D eigenvalue weighted by atomic mass is 9.96. The van der Waals surface area contributed by atoms with Gasteiger partial charge in [-0.2, -0.15) is 0 Å². The zero-order valence-corrected chi connectivity index (χ0v) is 21.2. The van der Waals surface area contributed by atoms with E-state index < -0.39 is 54.0 Å². The Kier molecular flexibility index (Phi) is 12.4. The average Bonchev–Trinajstić information content (AvgIpc) is 2.79. The van der Waals surface area contributed by atoms with E-state index in [4.69, 9.17) is 5.73 Å². The van der Waals surface area contributed by atoms with Crippen LogP contribution >= 0.6 is 0 Å². The molecule has 0 radical (unpaired) electrons. The molecule has 0 saturated carbocycles. The Hall–Kier alpha value is -2.98. The fourth-order valence-corrected chi connectivity index (χ4v) is 3.54. The number of benzene rings is 1.